The number of methoxy groups -OCH3 is 1. The topological polar surface area (TPSA) is 44.8 Å². The largest absolute Gasteiger partial charge is 0.514 e. The van der Waals surface area contributed by atoms with Gasteiger partial charge >= 0.3 is 6.16 Å². The fraction of sp³-hybridized carbons (Fsp3) is 0.182. The van der Waals surface area contributed by atoms with Gasteiger partial charge in [-0.25, -0.2) is 4.79 Å². The van der Waals surface area contributed by atoms with Crippen LogP contribution < -0.4 is 9.47 Å². The molecule has 1 aromatic rings. The first-order valence-electron chi connectivity index (χ1n) is 4.36. The Kier molecular flexibility index (Phi) is 4.22. The summed E-state index contributed by atoms with van der Waals surface area (Å²) in [4.78, 5) is 11.1. The van der Waals surface area contributed by atoms with Gasteiger partial charge in [-0.2, -0.15) is 0 Å². The van der Waals surface area contributed by atoms with E-state index in [4.69, 9.17) is 9.47 Å². The minimum atomic E-state index is -0.778. The smallest absolute Gasteiger partial charge is 0.493 e. The van der Waals surface area contributed by atoms with E-state index in [1.54, 1.807) is 24.3 Å². The average Bonchev–Trinajstić information content (AvgIpc) is 2.27. The summed E-state index contributed by atoms with van der Waals surface area (Å²) in [5.74, 6) is 0.808. The molecule has 0 bridgehead atoms. The molecule has 0 saturated heterocycles. The monoisotopic (exact) mass is 208 g/mol. The third-order valence-electron chi connectivity index (χ3n) is 1.58. The van der Waals surface area contributed by atoms with Crippen molar-refractivity contribution < 1.29 is 19.0 Å². The Morgan fingerprint density at radius 2 is 2.07 bits per heavy atom. The van der Waals surface area contributed by atoms with Crippen LogP contribution in [-0.2, 0) is 4.74 Å². The minimum Gasteiger partial charge on any atom is -0.493 e. The third-order valence-corrected chi connectivity index (χ3v) is 1.58. The van der Waals surface area contributed by atoms with E-state index in [9.17, 15) is 4.79 Å². The summed E-state index contributed by atoms with van der Waals surface area (Å²) in [5, 5.41) is 0. The molecule has 0 unspecified atom stereocenters. The minimum absolute atomic E-state index is 0.119. The summed E-state index contributed by atoms with van der Waals surface area (Å²) in [6.07, 6.45) is 0.683. The van der Waals surface area contributed by atoms with Gasteiger partial charge in [-0.3, -0.25) is 0 Å². The highest BCUT2D eigenvalue weighted by molar-refractivity contribution is 5.65. The van der Waals surface area contributed by atoms with Gasteiger partial charge in [0.2, 0.25) is 0 Å². The Bertz CT molecular complexity index is 346. The molecule has 80 valence electrons. The van der Waals surface area contributed by atoms with Crippen molar-refractivity contribution in [2.45, 2.75) is 0 Å². The van der Waals surface area contributed by atoms with Crippen LogP contribution in [0.2, 0.25) is 0 Å². The molecule has 0 aliphatic carbocycles. The molecule has 4 nitrogen and oxygen atoms in total. The fourth-order valence-electron chi connectivity index (χ4n) is 0.949. The average molecular weight is 208 g/mol. The first-order valence-corrected chi connectivity index (χ1v) is 4.36. The predicted molar refractivity (Wildman–Crippen MR) is 55.2 cm³/mol. The van der Waals surface area contributed by atoms with Crippen molar-refractivity contribution in [2.75, 3.05) is 13.7 Å². The number of para-hydroxylation sites is 2. The Hall–Kier alpha value is -1.97. The highest BCUT2D eigenvalue weighted by Gasteiger charge is 2.09. The van der Waals surface area contributed by atoms with E-state index in [1.807, 2.05) is 0 Å². The molecule has 0 amide bonds. The molecule has 0 saturated carbocycles. The number of carbonyl (C=O) groups excluding carboxylic acids is 1. The molecule has 0 aromatic heterocycles. The molecular formula is C11H12O4. The second kappa shape index (κ2) is 5.70. The number of hydrogen-bond acceptors (Lipinski definition) is 4. The maximum absolute atomic E-state index is 11.1. The molecule has 1 rings (SSSR count). The van der Waals surface area contributed by atoms with Crippen molar-refractivity contribution in [3.05, 3.63) is 36.9 Å². The van der Waals surface area contributed by atoms with Crippen LogP contribution in [0.25, 0.3) is 0 Å². The lowest BCUT2D eigenvalue weighted by Crippen LogP contribution is -2.10. The molecule has 4 heteroatoms. The first-order chi connectivity index (χ1) is 7.27. The summed E-state index contributed by atoms with van der Waals surface area (Å²) < 4.78 is 14.6. The Morgan fingerprint density at radius 3 is 2.67 bits per heavy atom. The number of hydrogen-bond donors (Lipinski definition) is 0. The SMILES string of the molecule is C=CCOC(=O)Oc1ccccc1OC. The lowest BCUT2D eigenvalue weighted by Gasteiger charge is -2.07. The molecular weight excluding hydrogens is 196 g/mol. The standard InChI is InChI=1S/C11H12O4/c1-3-8-14-11(12)15-10-7-5-4-6-9(10)13-2/h3-7H,1,8H2,2H3. The zero-order valence-electron chi connectivity index (χ0n) is 8.43. The van der Waals surface area contributed by atoms with Crippen LogP contribution in [0.5, 0.6) is 11.5 Å². The molecule has 0 aliphatic heterocycles. The van der Waals surface area contributed by atoms with Crippen LogP contribution >= 0.6 is 0 Å². The zero-order valence-corrected chi connectivity index (χ0v) is 8.43. The van der Waals surface area contributed by atoms with Crippen molar-refractivity contribution in [3.63, 3.8) is 0 Å². The molecule has 0 fully saturated rings. The molecule has 1 aromatic carbocycles. The Balaban J connectivity index is 2.63. The summed E-state index contributed by atoms with van der Waals surface area (Å²) in [7, 11) is 1.50. The van der Waals surface area contributed by atoms with Crippen LogP contribution in [0.3, 0.4) is 0 Å². The van der Waals surface area contributed by atoms with Crippen molar-refractivity contribution in [1.82, 2.24) is 0 Å². The molecule has 0 heterocycles. The van der Waals surface area contributed by atoms with E-state index in [-0.39, 0.29) is 6.61 Å². The van der Waals surface area contributed by atoms with Gasteiger partial charge in [0.1, 0.15) is 6.61 Å². The second-order valence-corrected chi connectivity index (χ2v) is 2.60. The Morgan fingerprint density at radius 1 is 1.40 bits per heavy atom. The van der Waals surface area contributed by atoms with E-state index in [1.165, 1.54) is 13.2 Å². The van der Waals surface area contributed by atoms with Gasteiger partial charge in [-0.15, -0.1) is 0 Å². The second-order valence-electron chi connectivity index (χ2n) is 2.60. The molecule has 15 heavy (non-hydrogen) atoms. The van der Waals surface area contributed by atoms with E-state index >= 15 is 0 Å². The Labute approximate surface area is 88.1 Å². The third kappa shape index (κ3) is 3.34. The van der Waals surface area contributed by atoms with E-state index in [2.05, 4.69) is 11.3 Å². The number of ether oxygens (including phenoxy) is 3. The van der Waals surface area contributed by atoms with Gasteiger partial charge in [0, 0.05) is 0 Å². The van der Waals surface area contributed by atoms with Crippen molar-refractivity contribution in [1.29, 1.82) is 0 Å². The zero-order chi connectivity index (χ0) is 11.1. The molecule has 0 aliphatic rings. The van der Waals surface area contributed by atoms with Gasteiger partial charge < -0.3 is 14.2 Å². The normalized spacial score (nSPS) is 9.13. The molecule has 0 radical (unpaired) electrons. The van der Waals surface area contributed by atoms with E-state index in [0.717, 1.165) is 0 Å². The predicted octanol–water partition coefficient (Wildman–Crippen LogP) is 2.40. The number of rotatable bonds is 4. The quantitative estimate of drug-likeness (QED) is 0.433. The van der Waals surface area contributed by atoms with Gasteiger partial charge in [0.15, 0.2) is 11.5 Å². The summed E-state index contributed by atoms with van der Waals surface area (Å²) in [5.41, 5.74) is 0. The van der Waals surface area contributed by atoms with Gasteiger partial charge in [-0.05, 0) is 12.1 Å². The lowest BCUT2D eigenvalue weighted by atomic mass is 10.3. The summed E-state index contributed by atoms with van der Waals surface area (Å²) >= 11 is 0. The van der Waals surface area contributed by atoms with Crippen LogP contribution in [0.1, 0.15) is 0 Å². The number of benzene rings is 1. The maximum Gasteiger partial charge on any atom is 0.514 e. The van der Waals surface area contributed by atoms with Crippen molar-refractivity contribution in [2.24, 2.45) is 0 Å². The molecule has 0 atom stereocenters. The van der Waals surface area contributed by atoms with Crippen LogP contribution in [0, 0.1) is 0 Å². The molecule has 0 spiro atoms. The van der Waals surface area contributed by atoms with Gasteiger partial charge in [0.25, 0.3) is 0 Å². The van der Waals surface area contributed by atoms with E-state index < -0.39 is 6.16 Å². The fourth-order valence-corrected chi connectivity index (χ4v) is 0.949. The van der Waals surface area contributed by atoms with Crippen LogP contribution in [-0.4, -0.2) is 19.9 Å². The van der Waals surface area contributed by atoms with Crippen molar-refractivity contribution >= 4 is 6.16 Å². The van der Waals surface area contributed by atoms with E-state index in [0.29, 0.717) is 11.5 Å². The lowest BCUT2D eigenvalue weighted by molar-refractivity contribution is 0.108. The summed E-state index contributed by atoms with van der Waals surface area (Å²) in [6, 6.07) is 6.82. The maximum atomic E-state index is 11.1. The van der Waals surface area contributed by atoms with Crippen LogP contribution in [0.4, 0.5) is 4.79 Å². The molecule has 0 N–H and O–H groups in total. The van der Waals surface area contributed by atoms with Gasteiger partial charge in [0.05, 0.1) is 7.11 Å². The first kappa shape index (κ1) is 11.1. The highest BCUT2D eigenvalue weighted by Crippen LogP contribution is 2.25. The van der Waals surface area contributed by atoms with Gasteiger partial charge in [-0.1, -0.05) is 24.8 Å². The number of carbonyl (C=O) groups is 1. The van der Waals surface area contributed by atoms with Crippen molar-refractivity contribution in [3.8, 4) is 11.5 Å². The van der Waals surface area contributed by atoms with Crippen LogP contribution in [0.15, 0.2) is 36.9 Å². The summed E-state index contributed by atoms with van der Waals surface area (Å²) in [6.45, 7) is 3.53. The highest BCUT2D eigenvalue weighted by atomic mass is 16.7.